The fourth-order valence-corrected chi connectivity index (χ4v) is 4.12. The van der Waals surface area contributed by atoms with Crippen molar-refractivity contribution < 1.29 is 13.5 Å². The molecule has 1 heterocycles. The van der Waals surface area contributed by atoms with Gasteiger partial charge < -0.3 is 5.11 Å². The van der Waals surface area contributed by atoms with Gasteiger partial charge in [0, 0.05) is 19.7 Å². The Morgan fingerprint density at radius 3 is 2.63 bits per heavy atom. The maximum absolute atomic E-state index is 12.1. The minimum absolute atomic E-state index is 0.0577. The smallest absolute Gasteiger partial charge is 0.214 e. The average molecular weight is 283 g/mol. The molecule has 1 aromatic carbocycles. The van der Waals surface area contributed by atoms with Gasteiger partial charge in [-0.05, 0) is 30.7 Å². The van der Waals surface area contributed by atoms with Crippen molar-refractivity contribution in [3.63, 3.8) is 0 Å². The fourth-order valence-electron chi connectivity index (χ4n) is 2.50. The van der Waals surface area contributed by atoms with Gasteiger partial charge in [-0.2, -0.15) is 0 Å². The number of aliphatic hydroxyl groups excluding tert-OH is 1. The molecule has 0 radical (unpaired) electrons. The Morgan fingerprint density at radius 2 is 1.95 bits per heavy atom. The van der Waals surface area contributed by atoms with E-state index in [4.69, 9.17) is 5.11 Å². The summed E-state index contributed by atoms with van der Waals surface area (Å²) in [5, 5.41) is 8.71. The summed E-state index contributed by atoms with van der Waals surface area (Å²) in [7, 11) is -3.15. The van der Waals surface area contributed by atoms with Gasteiger partial charge >= 0.3 is 0 Å². The summed E-state index contributed by atoms with van der Waals surface area (Å²) in [6.45, 7) is 1.26. The van der Waals surface area contributed by atoms with Crippen molar-refractivity contribution in [2.24, 2.45) is 0 Å². The molecule has 0 saturated carbocycles. The molecule has 0 amide bonds. The monoisotopic (exact) mass is 283 g/mol. The summed E-state index contributed by atoms with van der Waals surface area (Å²) in [6.07, 6.45) is 1.98. The van der Waals surface area contributed by atoms with Crippen molar-refractivity contribution in [1.29, 1.82) is 0 Å². The van der Waals surface area contributed by atoms with Crippen LogP contribution in [0.15, 0.2) is 30.3 Å². The first-order valence-electron chi connectivity index (χ1n) is 6.77. The maximum Gasteiger partial charge on any atom is 0.214 e. The van der Waals surface area contributed by atoms with Crippen LogP contribution in [0.2, 0.25) is 0 Å². The van der Waals surface area contributed by atoms with E-state index in [2.05, 4.69) is 12.1 Å². The summed E-state index contributed by atoms with van der Waals surface area (Å²) >= 11 is 0. The summed E-state index contributed by atoms with van der Waals surface area (Å²) in [4.78, 5) is 0. The maximum atomic E-state index is 12.1. The molecule has 4 nitrogen and oxygen atoms in total. The van der Waals surface area contributed by atoms with Crippen LogP contribution in [0, 0.1) is 0 Å². The van der Waals surface area contributed by atoms with E-state index in [1.807, 2.05) is 18.2 Å². The van der Waals surface area contributed by atoms with E-state index in [-0.39, 0.29) is 12.4 Å². The minimum atomic E-state index is -3.15. The number of benzene rings is 1. The second kappa shape index (κ2) is 6.50. The van der Waals surface area contributed by atoms with E-state index >= 15 is 0 Å². The molecule has 106 valence electrons. The van der Waals surface area contributed by atoms with Crippen molar-refractivity contribution in [3.05, 3.63) is 35.9 Å². The average Bonchev–Trinajstić information content (AvgIpc) is 2.90. The van der Waals surface area contributed by atoms with Gasteiger partial charge in [0.05, 0.1) is 5.75 Å². The Hall–Kier alpha value is -0.910. The first-order valence-corrected chi connectivity index (χ1v) is 8.38. The quantitative estimate of drug-likeness (QED) is 0.806. The van der Waals surface area contributed by atoms with Crippen LogP contribution in [0.1, 0.15) is 30.7 Å². The van der Waals surface area contributed by atoms with E-state index in [9.17, 15) is 8.42 Å². The Kier molecular flexibility index (Phi) is 4.96. The summed E-state index contributed by atoms with van der Waals surface area (Å²) in [6, 6.07) is 10.1. The Labute approximate surface area is 115 Å². The Balaban J connectivity index is 1.94. The Morgan fingerprint density at radius 1 is 1.21 bits per heavy atom. The van der Waals surface area contributed by atoms with Gasteiger partial charge in [-0.15, -0.1) is 0 Å². The number of unbranched alkanes of at least 4 members (excludes halogenated alkanes) is 1. The molecule has 5 heteroatoms. The number of sulfonamides is 1. The third kappa shape index (κ3) is 3.78. The van der Waals surface area contributed by atoms with Gasteiger partial charge in [0.2, 0.25) is 10.0 Å². The van der Waals surface area contributed by atoms with Crippen LogP contribution in [0.3, 0.4) is 0 Å². The molecule has 1 saturated heterocycles. The fraction of sp³-hybridized carbons (Fsp3) is 0.571. The van der Waals surface area contributed by atoms with E-state index in [1.54, 1.807) is 4.31 Å². The lowest BCUT2D eigenvalue weighted by Gasteiger charge is -2.16. The molecular formula is C14H21NO3S. The van der Waals surface area contributed by atoms with Crippen LogP contribution >= 0.6 is 0 Å². The molecule has 1 atom stereocenters. The number of nitrogens with zero attached hydrogens (tertiary/aromatic N) is 1. The normalized spacial score (nSPS) is 20.8. The first-order chi connectivity index (χ1) is 9.13. The predicted octanol–water partition coefficient (Wildman–Crippen LogP) is 1.58. The molecule has 1 N–H and O–H groups in total. The zero-order valence-electron chi connectivity index (χ0n) is 11.0. The van der Waals surface area contributed by atoms with Gasteiger partial charge in [0.25, 0.3) is 0 Å². The topological polar surface area (TPSA) is 57.6 Å². The lowest BCUT2D eigenvalue weighted by molar-refractivity contribution is 0.287. The van der Waals surface area contributed by atoms with Crippen LogP contribution in [0.25, 0.3) is 0 Å². The molecular weight excluding hydrogens is 262 g/mol. The summed E-state index contributed by atoms with van der Waals surface area (Å²) in [5.41, 5.74) is 1.22. The zero-order valence-corrected chi connectivity index (χ0v) is 11.8. The summed E-state index contributed by atoms with van der Waals surface area (Å²) < 4.78 is 25.9. The largest absolute Gasteiger partial charge is 0.396 e. The third-order valence-electron chi connectivity index (χ3n) is 3.63. The lowest BCUT2D eigenvalue weighted by Crippen LogP contribution is -2.30. The number of rotatable bonds is 6. The zero-order chi connectivity index (χ0) is 13.7. The highest BCUT2D eigenvalue weighted by atomic mass is 32.2. The highest BCUT2D eigenvalue weighted by molar-refractivity contribution is 7.89. The van der Waals surface area contributed by atoms with Crippen molar-refractivity contribution in [1.82, 2.24) is 4.31 Å². The number of hydrogen-bond acceptors (Lipinski definition) is 3. The van der Waals surface area contributed by atoms with E-state index in [0.717, 1.165) is 6.42 Å². The van der Waals surface area contributed by atoms with E-state index < -0.39 is 10.0 Å². The molecule has 0 bridgehead atoms. The van der Waals surface area contributed by atoms with E-state index in [1.165, 1.54) is 5.56 Å². The molecule has 0 spiro atoms. The second-order valence-corrected chi connectivity index (χ2v) is 7.09. The first kappa shape index (κ1) is 14.5. The van der Waals surface area contributed by atoms with Gasteiger partial charge in [-0.25, -0.2) is 12.7 Å². The van der Waals surface area contributed by atoms with Crippen molar-refractivity contribution in [3.8, 4) is 0 Å². The van der Waals surface area contributed by atoms with Crippen molar-refractivity contribution >= 4 is 10.0 Å². The van der Waals surface area contributed by atoms with Crippen molar-refractivity contribution in [2.75, 3.05) is 25.4 Å². The molecule has 2 rings (SSSR count). The molecule has 0 aliphatic carbocycles. The predicted molar refractivity (Wildman–Crippen MR) is 75.5 cm³/mol. The van der Waals surface area contributed by atoms with E-state index in [0.29, 0.717) is 31.8 Å². The highest BCUT2D eigenvalue weighted by Gasteiger charge is 2.31. The standard InChI is InChI=1S/C14H21NO3S/c16-10-4-5-11-19(17,18)15-9-8-14(12-15)13-6-2-1-3-7-13/h1-3,6-7,14,16H,4-5,8-12H2. The van der Waals surface area contributed by atoms with Crippen LogP contribution in [0.4, 0.5) is 0 Å². The second-order valence-electron chi connectivity index (χ2n) is 5.00. The van der Waals surface area contributed by atoms with Gasteiger partial charge in [-0.1, -0.05) is 30.3 Å². The molecule has 1 aliphatic heterocycles. The minimum Gasteiger partial charge on any atom is -0.396 e. The van der Waals surface area contributed by atoms with Gasteiger partial charge in [0.1, 0.15) is 0 Å². The molecule has 1 fully saturated rings. The third-order valence-corrected chi connectivity index (χ3v) is 5.55. The van der Waals surface area contributed by atoms with Gasteiger partial charge in [-0.3, -0.25) is 0 Å². The van der Waals surface area contributed by atoms with Crippen LogP contribution < -0.4 is 0 Å². The molecule has 1 aliphatic rings. The van der Waals surface area contributed by atoms with Gasteiger partial charge in [0.15, 0.2) is 0 Å². The molecule has 1 unspecified atom stereocenters. The molecule has 1 aromatic rings. The molecule has 0 aromatic heterocycles. The van der Waals surface area contributed by atoms with Crippen LogP contribution in [-0.2, 0) is 10.0 Å². The number of aliphatic hydroxyl groups is 1. The van der Waals surface area contributed by atoms with Crippen LogP contribution in [0.5, 0.6) is 0 Å². The Bertz CT molecular complexity index is 487. The molecule has 19 heavy (non-hydrogen) atoms. The number of hydrogen-bond donors (Lipinski definition) is 1. The van der Waals surface area contributed by atoms with Crippen LogP contribution in [-0.4, -0.2) is 43.3 Å². The highest BCUT2D eigenvalue weighted by Crippen LogP contribution is 2.28. The lowest BCUT2D eigenvalue weighted by atomic mass is 9.99. The summed E-state index contributed by atoms with van der Waals surface area (Å²) in [5.74, 6) is 0.462. The van der Waals surface area contributed by atoms with Crippen molar-refractivity contribution in [2.45, 2.75) is 25.2 Å². The SMILES string of the molecule is O=S(=O)(CCCCO)N1CCC(c2ccccc2)C1.